The average molecular weight is 241 g/mol. The van der Waals surface area contributed by atoms with Gasteiger partial charge in [0.15, 0.2) is 0 Å². The standard InChI is InChI=1S/C14H27NO2/c1-5-14(6-2,13(16)17)15-12-8-10(3)7-11(4)9-12/h10-12,15H,5-9H2,1-4H3,(H,16,17). The van der Waals surface area contributed by atoms with Gasteiger partial charge >= 0.3 is 5.97 Å². The van der Waals surface area contributed by atoms with Crippen LogP contribution in [-0.2, 0) is 4.79 Å². The lowest BCUT2D eigenvalue weighted by Gasteiger charge is -2.38. The molecule has 3 nitrogen and oxygen atoms in total. The van der Waals surface area contributed by atoms with Gasteiger partial charge in [-0.1, -0.05) is 27.7 Å². The largest absolute Gasteiger partial charge is 0.480 e. The van der Waals surface area contributed by atoms with E-state index in [1.807, 2.05) is 13.8 Å². The van der Waals surface area contributed by atoms with E-state index in [4.69, 9.17) is 0 Å². The predicted octanol–water partition coefficient (Wildman–Crippen LogP) is 3.04. The third-order valence-corrected chi connectivity index (χ3v) is 4.28. The Hall–Kier alpha value is -0.570. The fraction of sp³-hybridized carbons (Fsp3) is 0.929. The zero-order valence-electron chi connectivity index (χ0n) is 11.6. The molecule has 0 aromatic heterocycles. The molecule has 100 valence electrons. The van der Waals surface area contributed by atoms with Crippen molar-refractivity contribution in [1.29, 1.82) is 0 Å². The molecule has 3 heteroatoms. The Labute approximate surface area is 105 Å². The van der Waals surface area contributed by atoms with E-state index in [1.54, 1.807) is 0 Å². The number of carboxylic acids is 1. The normalized spacial score (nSPS) is 30.2. The van der Waals surface area contributed by atoms with Gasteiger partial charge in [0.05, 0.1) is 0 Å². The summed E-state index contributed by atoms with van der Waals surface area (Å²) in [4.78, 5) is 11.5. The highest BCUT2D eigenvalue weighted by atomic mass is 16.4. The van der Waals surface area contributed by atoms with Crippen LogP contribution in [0.4, 0.5) is 0 Å². The molecule has 2 atom stereocenters. The van der Waals surface area contributed by atoms with Gasteiger partial charge in [-0.05, 0) is 43.9 Å². The molecule has 1 aliphatic carbocycles. The van der Waals surface area contributed by atoms with E-state index in [9.17, 15) is 9.90 Å². The molecule has 1 rings (SSSR count). The Bertz CT molecular complexity index is 251. The Morgan fingerprint density at radius 3 is 2.00 bits per heavy atom. The van der Waals surface area contributed by atoms with Crippen LogP contribution in [0.15, 0.2) is 0 Å². The van der Waals surface area contributed by atoms with Crippen molar-refractivity contribution in [1.82, 2.24) is 5.32 Å². The highest BCUT2D eigenvalue weighted by Gasteiger charge is 2.38. The molecule has 0 saturated heterocycles. The van der Waals surface area contributed by atoms with Gasteiger partial charge in [-0.2, -0.15) is 0 Å². The van der Waals surface area contributed by atoms with E-state index >= 15 is 0 Å². The Morgan fingerprint density at radius 2 is 1.65 bits per heavy atom. The SMILES string of the molecule is CCC(CC)(NC1CC(C)CC(C)C1)C(=O)O. The van der Waals surface area contributed by atoms with Gasteiger partial charge in [-0.15, -0.1) is 0 Å². The number of hydrogen-bond donors (Lipinski definition) is 2. The van der Waals surface area contributed by atoms with Crippen LogP contribution in [0.3, 0.4) is 0 Å². The van der Waals surface area contributed by atoms with E-state index in [1.165, 1.54) is 6.42 Å². The predicted molar refractivity (Wildman–Crippen MR) is 70.1 cm³/mol. The van der Waals surface area contributed by atoms with Crippen LogP contribution in [0.1, 0.15) is 59.8 Å². The van der Waals surface area contributed by atoms with Crippen molar-refractivity contribution < 1.29 is 9.90 Å². The molecule has 17 heavy (non-hydrogen) atoms. The van der Waals surface area contributed by atoms with E-state index in [-0.39, 0.29) is 0 Å². The van der Waals surface area contributed by atoms with Gasteiger partial charge in [0.25, 0.3) is 0 Å². The molecular formula is C14H27NO2. The smallest absolute Gasteiger partial charge is 0.323 e. The van der Waals surface area contributed by atoms with E-state index in [0.29, 0.717) is 30.7 Å². The van der Waals surface area contributed by atoms with Crippen molar-refractivity contribution in [3.63, 3.8) is 0 Å². The molecular weight excluding hydrogens is 214 g/mol. The summed E-state index contributed by atoms with van der Waals surface area (Å²) >= 11 is 0. The minimum atomic E-state index is -0.721. The van der Waals surface area contributed by atoms with Crippen LogP contribution < -0.4 is 5.32 Å². The number of rotatable bonds is 5. The number of carboxylic acid groups (broad SMARTS) is 1. The lowest BCUT2D eigenvalue weighted by molar-refractivity contribution is -0.146. The van der Waals surface area contributed by atoms with Crippen LogP contribution in [0, 0.1) is 11.8 Å². The highest BCUT2D eigenvalue weighted by Crippen LogP contribution is 2.30. The summed E-state index contributed by atoms with van der Waals surface area (Å²) in [7, 11) is 0. The van der Waals surface area contributed by atoms with E-state index < -0.39 is 11.5 Å². The molecule has 1 saturated carbocycles. The zero-order chi connectivity index (χ0) is 13.1. The first-order chi connectivity index (χ1) is 7.93. The molecule has 2 unspecified atom stereocenters. The first kappa shape index (κ1) is 14.5. The maximum absolute atomic E-state index is 11.5. The van der Waals surface area contributed by atoms with E-state index in [2.05, 4.69) is 19.2 Å². The quantitative estimate of drug-likeness (QED) is 0.778. The average Bonchev–Trinajstić information content (AvgIpc) is 2.24. The third kappa shape index (κ3) is 3.44. The van der Waals surface area contributed by atoms with Gasteiger partial charge in [0.1, 0.15) is 5.54 Å². The number of carbonyl (C=O) groups is 1. The fourth-order valence-electron chi connectivity index (χ4n) is 3.27. The summed E-state index contributed by atoms with van der Waals surface area (Å²) in [6.45, 7) is 8.45. The molecule has 0 amide bonds. The van der Waals surface area contributed by atoms with Crippen molar-refractivity contribution in [2.75, 3.05) is 0 Å². The van der Waals surface area contributed by atoms with Gasteiger partial charge in [0, 0.05) is 6.04 Å². The van der Waals surface area contributed by atoms with Crippen LogP contribution in [-0.4, -0.2) is 22.7 Å². The van der Waals surface area contributed by atoms with Crippen molar-refractivity contribution in [2.24, 2.45) is 11.8 Å². The zero-order valence-corrected chi connectivity index (χ0v) is 11.6. The van der Waals surface area contributed by atoms with Crippen molar-refractivity contribution in [3.05, 3.63) is 0 Å². The molecule has 0 aliphatic heterocycles. The van der Waals surface area contributed by atoms with E-state index in [0.717, 1.165) is 12.8 Å². The van der Waals surface area contributed by atoms with Gasteiger partial charge in [-0.3, -0.25) is 10.1 Å². The van der Waals surface area contributed by atoms with Crippen LogP contribution in [0.25, 0.3) is 0 Å². The molecule has 0 heterocycles. The minimum Gasteiger partial charge on any atom is -0.480 e. The summed E-state index contributed by atoms with van der Waals surface area (Å²) in [5.41, 5.74) is -0.721. The maximum Gasteiger partial charge on any atom is 0.323 e. The molecule has 0 spiro atoms. The lowest BCUT2D eigenvalue weighted by Crippen LogP contribution is -2.56. The second-order valence-electron chi connectivity index (χ2n) is 5.85. The highest BCUT2D eigenvalue weighted by molar-refractivity contribution is 5.78. The van der Waals surface area contributed by atoms with Gasteiger partial charge in [-0.25, -0.2) is 0 Å². The van der Waals surface area contributed by atoms with Gasteiger partial charge in [0.2, 0.25) is 0 Å². The number of aliphatic carboxylic acids is 1. The summed E-state index contributed by atoms with van der Waals surface area (Å²) < 4.78 is 0. The van der Waals surface area contributed by atoms with Crippen LogP contribution in [0.2, 0.25) is 0 Å². The maximum atomic E-state index is 11.5. The fourth-order valence-corrected chi connectivity index (χ4v) is 3.27. The minimum absolute atomic E-state index is 0.366. The monoisotopic (exact) mass is 241 g/mol. The summed E-state index contributed by atoms with van der Waals surface area (Å²) in [6.07, 6.45) is 4.80. The molecule has 0 aromatic rings. The second kappa shape index (κ2) is 5.85. The van der Waals surface area contributed by atoms with Crippen LogP contribution >= 0.6 is 0 Å². The van der Waals surface area contributed by atoms with Gasteiger partial charge < -0.3 is 5.11 Å². The first-order valence-corrected chi connectivity index (χ1v) is 6.94. The molecule has 0 aromatic carbocycles. The topological polar surface area (TPSA) is 49.3 Å². The number of hydrogen-bond acceptors (Lipinski definition) is 2. The van der Waals surface area contributed by atoms with Crippen molar-refractivity contribution >= 4 is 5.97 Å². The second-order valence-corrected chi connectivity index (χ2v) is 5.85. The molecule has 0 radical (unpaired) electrons. The summed E-state index contributed by atoms with van der Waals surface area (Å²) in [5, 5.41) is 12.9. The van der Waals surface area contributed by atoms with Crippen molar-refractivity contribution in [2.45, 2.75) is 71.4 Å². The Morgan fingerprint density at radius 1 is 1.18 bits per heavy atom. The molecule has 1 fully saturated rings. The number of nitrogens with one attached hydrogen (secondary N) is 1. The van der Waals surface area contributed by atoms with Crippen molar-refractivity contribution in [3.8, 4) is 0 Å². The lowest BCUT2D eigenvalue weighted by atomic mass is 9.79. The molecule has 2 N–H and O–H groups in total. The first-order valence-electron chi connectivity index (χ1n) is 6.94. The molecule has 1 aliphatic rings. The third-order valence-electron chi connectivity index (χ3n) is 4.28. The summed E-state index contributed by atoms with van der Waals surface area (Å²) in [6, 6.07) is 0.366. The Balaban J connectivity index is 2.70. The summed E-state index contributed by atoms with van der Waals surface area (Å²) in [5.74, 6) is 0.710. The Kier molecular flexibility index (Phi) is 4.99. The molecule has 0 bridgehead atoms. The van der Waals surface area contributed by atoms with Crippen LogP contribution in [0.5, 0.6) is 0 Å².